The van der Waals surface area contributed by atoms with E-state index in [0.29, 0.717) is 108 Å². The number of terminal acetylenes is 1. The second-order valence-corrected chi connectivity index (χ2v) is 23.3. The molecule has 0 aliphatic carbocycles. The lowest BCUT2D eigenvalue weighted by Crippen LogP contribution is -2.47. The number of nitrogens with zero attached hydrogens (tertiary/aromatic N) is 4. The van der Waals surface area contributed by atoms with Crippen molar-refractivity contribution >= 4 is 59.4 Å². The van der Waals surface area contributed by atoms with Gasteiger partial charge < -0.3 is 29.0 Å². The Balaban J connectivity index is 1.40. The molecule has 1 fully saturated rings. The molecule has 0 saturated carbocycles. The fourth-order valence-electron chi connectivity index (χ4n) is 8.88. The number of aromatic amines is 2. The van der Waals surface area contributed by atoms with E-state index in [2.05, 4.69) is 68.5 Å². The molecule has 0 spiro atoms. The number of carbonyl (C=O) groups excluding carboxylic acids is 3. The monoisotopic (exact) mass is 862 g/mol. The van der Waals surface area contributed by atoms with E-state index in [0.717, 1.165) is 28.1 Å². The lowest BCUT2D eigenvalue weighted by atomic mass is 9.84. The zero-order valence-electron chi connectivity index (χ0n) is 38.0. The van der Waals surface area contributed by atoms with Gasteiger partial charge >= 0.3 is 5.97 Å². The molecule has 5 aliphatic rings. The maximum absolute atomic E-state index is 15.1. The van der Waals surface area contributed by atoms with Gasteiger partial charge in [0.2, 0.25) is 0 Å². The van der Waals surface area contributed by atoms with E-state index < -0.39 is 20.3 Å². The van der Waals surface area contributed by atoms with Crippen LogP contribution in [-0.2, 0) is 18.7 Å². The Hall–Kier alpha value is -4.91. The van der Waals surface area contributed by atoms with Crippen LogP contribution in [0.5, 0.6) is 0 Å². The number of aromatic nitrogens is 4. The van der Waals surface area contributed by atoms with Crippen molar-refractivity contribution in [3.63, 3.8) is 0 Å². The number of aliphatic hydroxyl groups is 1. The first kappa shape index (κ1) is 45.1. The van der Waals surface area contributed by atoms with Gasteiger partial charge in [-0.1, -0.05) is 40.5 Å². The van der Waals surface area contributed by atoms with Crippen LogP contribution in [0.15, 0.2) is 18.2 Å². The highest BCUT2D eigenvalue weighted by Gasteiger charge is 2.41. The van der Waals surface area contributed by atoms with Crippen LogP contribution in [0.2, 0.25) is 18.1 Å². The Morgan fingerprint density at radius 2 is 1.66 bits per heavy atom. The molecule has 1 unspecified atom stereocenters. The number of nitrogens with one attached hydrogen (secondary N) is 2. The molecule has 3 atom stereocenters. The number of ether oxygens (including phenoxy) is 2. The number of amides is 2. The Morgan fingerprint density at radius 1 is 0.984 bits per heavy atom. The number of rotatable bonds is 12. The van der Waals surface area contributed by atoms with Gasteiger partial charge in [0.15, 0.2) is 8.32 Å². The first-order chi connectivity index (χ1) is 29.4. The van der Waals surface area contributed by atoms with Crippen molar-refractivity contribution in [1.82, 2.24) is 29.7 Å². The molecule has 0 radical (unpaired) electrons. The largest absolute Gasteiger partial charge is 0.463 e. The van der Waals surface area contributed by atoms with Crippen molar-refractivity contribution in [1.29, 1.82) is 0 Å². The summed E-state index contributed by atoms with van der Waals surface area (Å²) in [5, 5.41) is 11.2. The zero-order valence-corrected chi connectivity index (χ0v) is 39.0. The maximum atomic E-state index is 15.1. The molecule has 7 rings (SSSR count). The van der Waals surface area contributed by atoms with E-state index in [1.165, 1.54) is 4.90 Å². The summed E-state index contributed by atoms with van der Waals surface area (Å²) in [6, 6.07) is 5.77. The Kier molecular flexibility index (Phi) is 12.9. The third kappa shape index (κ3) is 8.45. The van der Waals surface area contributed by atoms with Crippen LogP contribution in [-0.4, -0.2) is 120 Å². The highest BCUT2D eigenvalue weighted by atomic mass is 28.4. The standard InChI is InChI=1S/C48H62N6O7Si/c1-12-31-27(3)33-26-38-41(39(55)13-2)29(5)35(50-38)24-34-28(4)32(14-15-40(56)60-22-23-61-62(10,11)48(7,8)9)44(51-34)43-45-42(30(6)36(52-45)25-37(31)49-33)46(57)54(47(43)58)17-16-53-18-20-59-21-19-53/h2,24-26,28,32,39,51-52,55H,12,14-23H2,1,3-11H3/t28-,32-,39?/m0/s1. The Morgan fingerprint density at radius 3 is 2.34 bits per heavy atom. The molecule has 330 valence electrons. The van der Waals surface area contributed by atoms with Crippen molar-refractivity contribution in [2.45, 2.75) is 111 Å². The van der Waals surface area contributed by atoms with Crippen LogP contribution in [0.3, 0.4) is 0 Å². The van der Waals surface area contributed by atoms with E-state index in [1.807, 2.05) is 39.0 Å². The summed E-state index contributed by atoms with van der Waals surface area (Å²) in [6.45, 7) is 24.6. The van der Waals surface area contributed by atoms with Gasteiger partial charge in [0.25, 0.3) is 11.8 Å². The quantitative estimate of drug-likeness (QED) is 0.0632. The Labute approximate surface area is 366 Å². The minimum atomic E-state index is -2.02. The van der Waals surface area contributed by atoms with E-state index in [9.17, 15) is 14.7 Å². The van der Waals surface area contributed by atoms with Crippen molar-refractivity contribution in [3.8, 4) is 12.3 Å². The number of esters is 1. The average Bonchev–Trinajstić information content (AvgIpc) is 3.91. The van der Waals surface area contributed by atoms with Gasteiger partial charge in [0.1, 0.15) is 12.7 Å². The summed E-state index contributed by atoms with van der Waals surface area (Å²) in [7, 11) is -2.02. The van der Waals surface area contributed by atoms with Crippen LogP contribution < -0.4 is 0 Å². The number of hydrogen-bond donors (Lipinski definition) is 3. The summed E-state index contributed by atoms with van der Waals surface area (Å²) in [4.78, 5) is 64.0. The number of hydrogen-bond acceptors (Lipinski definition) is 10. The smallest absolute Gasteiger partial charge is 0.305 e. The normalized spacial score (nSPS) is 19.5. The Bertz CT molecular complexity index is 2480. The van der Waals surface area contributed by atoms with Crippen LogP contribution in [0.4, 0.5) is 0 Å². The molecule has 13 nitrogen and oxygen atoms in total. The summed E-state index contributed by atoms with van der Waals surface area (Å²) in [5.41, 5.74) is 9.83. The van der Waals surface area contributed by atoms with Gasteiger partial charge in [-0.3, -0.25) is 24.2 Å². The van der Waals surface area contributed by atoms with E-state index in [-0.39, 0.29) is 48.3 Å². The number of aliphatic hydroxyl groups excluding tert-OH is 1. The van der Waals surface area contributed by atoms with Crippen molar-refractivity contribution < 1.29 is 33.4 Å². The highest BCUT2D eigenvalue weighted by molar-refractivity contribution is 6.74. The molecule has 7 heterocycles. The molecule has 8 bridgehead atoms. The van der Waals surface area contributed by atoms with E-state index >= 15 is 4.79 Å². The topological polar surface area (TPSA) is 163 Å². The number of carbonyl (C=O) groups is 3. The fraction of sp³-hybridized carbons (Fsp3) is 0.521. The van der Waals surface area contributed by atoms with Crippen molar-refractivity contribution in [2.75, 3.05) is 52.6 Å². The third-order valence-corrected chi connectivity index (χ3v) is 18.4. The number of morpholine rings is 1. The predicted octanol–water partition coefficient (Wildman–Crippen LogP) is 7.77. The van der Waals surface area contributed by atoms with Gasteiger partial charge in [0, 0.05) is 66.9 Å². The summed E-state index contributed by atoms with van der Waals surface area (Å²) in [5.74, 6) is 0.796. The van der Waals surface area contributed by atoms with Crippen molar-refractivity contribution in [2.24, 2.45) is 0 Å². The van der Waals surface area contributed by atoms with Crippen LogP contribution in [0.1, 0.15) is 140 Å². The minimum absolute atomic E-state index is 0.0315. The zero-order chi connectivity index (χ0) is 44.8. The number of fused-ring (bicyclic) bond motifs is 8. The number of allylic oxidation sites excluding steroid dienone is 3. The molecular formula is C48H62N6O7Si. The van der Waals surface area contributed by atoms with E-state index in [4.69, 9.17) is 30.3 Å². The number of imide groups is 1. The molecule has 3 N–H and O–H groups in total. The van der Waals surface area contributed by atoms with Gasteiger partial charge in [-0.05, 0) is 92.2 Å². The summed E-state index contributed by atoms with van der Waals surface area (Å²) in [6.07, 6.45) is 5.76. The van der Waals surface area contributed by atoms with Gasteiger partial charge in [-0.25, -0.2) is 9.97 Å². The predicted molar refractivity (Wildman–Crippen MR) is 244 cm³/mol. The SMILES string of the molecule is C#CC(O)C1=C(C)c2cc3[nH]c(c4c5[nH]c(cc6nc(cc1n2)C(C)=C6CC)c(C)c5C(=O)N(CCN1CCOCC1)C4=O)[C@@H](CCC(=O)OCCO[Si](C)(C)C(C)(C)C)[C@@H]3C. The van der Waals surface area contributed by atoms with Crippen LogP contribution in [0, 0.1) is 19.3 Å². The third-order valence-electron chi connectivity index (χ3n) is 13.8. The second-order valence-electron chi connectivity index (χ2n) is 18.5. The molecule has 14 heteroatoms. The van der Waals surface area contributed by atoms with Crippen molar-refractivity contribution in [3.05, 3.63) is 69.1 Å². The van der Waals surface area contributed by atoms with Crippen LogP contribution >= 0.6 is 0 Å². The lowest BCUT2D eigenvalue weighted by Gasteiger charge is -2.36. The molecule has 2 aromatic rings. The van der Waals surface area contributed by atoms with Gasteiger partial charge in [-0.2, -0.15) is 0 Å². The first-order valence-corrected chi connectivity index (χ1v) is 24.9. The average molecular weight is 863 g/mol. The minimum Gasteiger partial charge on any atom is -0.463 e. The molecular weight excluding hydrogens is 801 g/mol. The first-order valence-electron chi connectivity index (χ1n) is 21.9. The fourth-order valence-corrected chi connectivity index (χ4v) is 9.91. The summed E-state index contributed by atoms with van der Waals surface area (Å²) >= 11 is 0. The van der Waals surface area contributed by atoms with Gasteiger partial charge in [0.05, 0.1) is 59.2 Å². The molecule has 2 aromatic heterocycles. The molecule has 5 aliphatic heterocycles. The number of H-pyrrole nitrogens is 2. The maximum Gasteiger partial charge on any atom is 0.305 e. The molecule has 2 amide bonds. The molecule has 62 heavy (non-hydrogen) atoms. The van der Waals surface area contributed by atoms with Gasteiger partial charge in [-0.15, -0.1) is 6.42 Å². The highest BCUT2D eigenvalue weighted by Crippen LogP contribution is 2.45. The molecule has 1 saturated heterocycles. The summed E-state index contributed by atoms with van der Waals surface area (Å²) < 4.78 is 17.5. The number of aryl methyl sites for hydroxylation is 1. The van der Waals surface area contributed by atoms with E-state index in [1.54, 1.807) is 0 Å². The lowest BCUT2D eigenvalue weighted by molar-refractivity contribution is -0.144. The molecule has 0 aromatic carbocycles. The van der Waals surface area contributed by atoms with Crippen LogP contribution in [0.25, 0.3) is 33.3 Å². The second kappa shape index (κ2) is 17.7.